The maximum absolute atomic E-state index is 6.10. The third-order valence-electron chi connectivity index (χ3n) is 4.41. The van der Waals surface area contributed by atoms with Crippen LogP contribution in [0.25, 0.3) is 0 Å². The van der Waals surface area contributed by atoms with Gasteiger partial charge in [-0.15, -0.1) is 0 Å². The summed E-state index contributed by atoms with van der Waals surface area (Å²) in [5.41, 5.74) is 8.97. The number of hydrogen-bond donors (Lipinski definition) is 1. The molecule has 1 atom stereocenters. The highest BCUT2D eigenvalue weighted by atomic mass is 15.3. The molecule has 0 aliphatic carbocycles. The van der Waals surface area contributed by atoms with Crippen molar-refractivity contribution < 1.29 is 0 Å². The van der Waals surface area contributed by atoms with E-state index in [0.717, 1.165) is 19.5 Å². The standard InChI is InChI=1S/C17H29N3/c1-3-9-19-10-12-20(13-11-19)17(14-18)16-8-6-5-7-15(16)4-2/h5-8,17H,3-4,9-14,18H2,1-2H3. The first kappa shape index (κ1) is 15.5. The lowest BCUT2D eigenvalue weighted by atomic mass is 9.97. The van der Waals surface area contributed by atoms with Crippen molar-refractivity contribution >= 4 is 0 Å². The van der Waals surface area contributed by atoms with Crippen LogP contribution in [0.5, 0.6) is 0 Å². The lowest BCUT2D eigenvalue weighted by molar-refractivity contribution is 0.0982. The van der Waals surface area contributed by atoms with Gasteiger partial charge < -0.3 is 10.6 Å². The van der Waals surface area contributed by atoms with E-state index in [0.29, 0.717) is 12.6 Å². The van der Waals surface area contributed by atoms with Crippen LogP contribution < -0.4 is 5.73 Å². The van der Waals surface area contributed by atoms with Gasteiger partial charge in [0.1, 0.15) is 0 Å². The summed E-state index contributed by atoms with van der Waals surface area (Å²) in [6, 6.07) is 9.16. The Morgan fingerprint density at radius 3 is 2.40 bits per heavy atom. The minimum Gasteiger partial charge on any atom is -0.329 e. The van der Waals surface area contributed by atoms with Crippen molar-refractivity contribution in [2.75, 3.05) is 39.3 Å². The third kappa shape index (κ3) is 3.60. The highest BCUT2D eigenvalue weighted by Crippen LogP contribution is 2.25. The highest BCUT2D eigenvalue weighted by Gasteiger charge is 2.24. The molecule has 112 valence electrons. The van der Waals surface area contributed by atoms with E-state index in [2.05, 4.69) is 47.9 Å². The van der Waals surface area contributed by atoms with Gasteiger partial charge in [-0.25, -0.2) is 0 Å². The van der Waals surface area contributed by atoms with Crippen molar-refractivity contribution in [3.63, 3.8) is 0 Å². The van der Waals surface area contributed by atoms with Gasteiger partial charge in [0.25, 0.3) is 0 Å². The number of aryl methyl sites for hydroxylation is 1. The lowest BCUT2D eigenvalue weighted by Crippen LogP contribution is -2.49. The number of nitrogens with two attached hydrogens (primary N) is 1. The molecule has 0 bridgehead atoms. The van der Waals surface area contributed by atoms with Crippen molar-refractivity contribution in [2.24, 2.45) is 5.73 Å². The van der Waals surface area contributed by atoms with Gasteiger partial charge in [0.05, 0.1) is 0 Å². The molecular weight excluding hydrogens is 246 g/mol. The Hall–Kier alpha value is -0.900. The zero-order valence-corrected chi connectivity index (χ0v) is 13.0. The first-order valence-corrected chi connectivity index (χ1v) is 8.04. The number of nitrogens with zero attached hydrogens (tertiary/aromatic N) is 2. The van der Waals surface area contributed by atoms with E-state index in [-0.39, 0.29) is 0 Å². The molecule has 2 N–H and O–H groups in total. The molecule has 1 heterocycles. The summed E-state index contributed by atoms with van der Waals surface area (Å²) in [4.78, 5) is 5.14. The predicted molar refractivity (Wildman–Crippen MR) is 85.9 cm³/mol. The van der Waals surface area contributed by atoms with Crippen LogP contribution in [0.4, 0.5) is 0 Å². The Bertz CT molecular complexity index is 397. The Morgan fingerprint density at radius 2 is 1.80 bits per heavy atom. The SMILES string of the molecule is CCCN1CCN(C(CN)c2ccccc2CC)CC1. The molecule has 1 aromatic rings. The van der Waals surface area contributed by atoms with Gasteiger partial charge in [-0.2, -0.15) is 0 Å². The molecule has 1 aliphatic heterocycles. The average Bonchev–Trinajstić information content (AvgIpc) is 2.50. The average molecular weight is 275 g/mol. The Morgan fingerprint density at radius 1 is 1.10 bits per heavy atom. The summed E-state index contributed by atoms with van der Waals surface area (Å²) < 4.78 is 0. The Labute approximate surface area is 123 Å². The van der Waals surface area contributed by atoms with Gasteiger partial charge in [-0.1, -0.05) is 38.1 Å². The number of piperazine rings is 1. The molecule has 2 rings (SSSR count). The minimum atomic E-state index is 0.384. The van der Waals surface area contributed by atoms with Gasteiger partial charge in [-0.05, 0) is 30.5 Å². The zero-order valence-electron chi connectivity index (χ0n) is 13.0. The molecule has 3 heteroatoms. The fraction of sp³-hybridized carbons (Fsp3) is 0.647. The number of benzene rings is 1. The summed E-state index contributed by atoms with van der Waals surface area (Å²) in [6.07, 6.45) is 2.33. The number of hydrogen-bond acceptors (Lipinski definition) is 3. The fourth-order valence-corrected chi connectivity index (χ4v) is 3.27. The van der Waals surface area contributed by atoms with Crippen LogP contribution in [0, 0.1) is 0 Å². The zero-order chi connectivity index (χ0) is 14.4. The third-order valence-corrected chi connectivity index (χ3v) is 4.41. The summed E-state index contributed by atoms with van der Waals surface area (Å²) in [5, 5.41) is 0. The quantitative estimate of drug-likeness (QED) is 0.864. The van der Waals surface area contributed by atoms with Gasteiger partial charge >= 0.3 is 0 Å². The molecule has 1 unspecified atom stereocenters. The summed E-state index contributed by atoms with van der Waals surface area (Å²) in [5.74, 6) is 0. The Balaban J connectivity index is 2.06. The molecule has 1 fully saturated rings. The molecule has 0 saturated carbocycles. The molecule has 0 spiro atoms. The summed E-state index contributed by atoms with van der Waals surface area (Å²) >= 11 is 0. The van der Waals surface area contributed by atoms with Crippen LogP contribution in [-0.2, 0) is 6.42 Å². The van der Waals surface area contributed by atoms with Crippen molar-refractivity contribution in [1.82, 2.24) is 9.80 Å². The topological polar surface area (TPSA) is 32.5 Å². The highest BCUT2D eigenvalue weighted by molar-refractivity contribution is 5.30. The maximum Gasteiger partial charge on any atom is 0.0474 e. The maximum atomic E-state index is 6.10. The molecule has 0 radical (unpaired) electrons. The van der Waals surface area contributed by atoms with Crippen LogP contribution in [-0.4, -0.2) is 49.1 Å². The molecule has 0 amide bonds. The molecule has 3 nitrogen and oxygen atoms in total. The molecule has 1 aliphatic rings. The van der Waals surface area contributed by atoms with Crippen LogP contribution in [0.1, 0.15) is 37.4 Å². The first-order valence-electron chi connectivity index (χ1n) is 8.04. The largest absolute Gasteiger partial charge is 0.329 e. The van der Waals surface area contributed by atoms with E-state index in [1.165, 1.54) is 37.2 Å². The Kier molecular flexibility index (Phi) is 6.02. The fourth-order valence-electron chi connectivity index (χ4n) is 3.27. The van der Waals surface area contributed by atoms with Crippen LogP contribution in [0.2, 0.25) is 0 Å². The molecule has 20 heavy (non-hydrogen) atoms. The monoisotopic (exact) mass is 275 g/mol. The smallest absolute Gasteiger partial charge is 0.0474 e. The second-order valence-corrected chi connectivity index (χ2v) is 5.68. The van der Waals surface area contributed by atoms with E-state index in [1.807, 2.05) is 0 Å². The molecule has 1 saturated heterocycles. The van der Waals surface area contributed by atoms with Gasteiger partial charge in [0.15, 0.2) is 0 Å². The number of rotatable bonds is 6. The van der Waals surface area contributed by atoms with E-state index >= 15 is 0 Å². The van der Waals surface area contributed by atoms with E-state index in [9.17, 15) is 0 Å². The van der Waals surface area contributed by atoms with E-state index in [4.69, 9.17) is 5.73 Å². The minimum absolute atomic E-state index is 0.384. The van der Waals surface area contributed by atoms with Gasteiger partial charge in [0.2, 0.25) is 0 Å². The molecular formula is C17H29N3. The molecule has 0 aromatic heterocycles. The van der Waals surface area contributed by atoms with Gasteiger partial charge in [-0.3, -0.25) is 4.90 Å². The van der Waals surface area contributed by atoms with Crippen molar-refractivity contribution in [3.05, 3.63) is 35.4 Å². The van der Waals surface area contributed by atoms with Crippen molar-refractivity contribution in [1.29, 1.82) is 0 Å². The van der Waals surface area contributed by atoms with E-state index in [1.54, 1.807) is 0 Å². The van der Waals surface area contributed by atoms with Crippen molar-refractivity contribution in [3.8, 4) is 0 Å². The van der Waals surface area contributed by atoms with Crippen LogP contribution >= 0.6 is 0 Å². The second-order valence-electron chi connectivity index (χ2n) is 5.68. The summed E-state index contributed by atoms with van der Waals surface area (Å²) in [6.45, 7) is 11.1. The predicted octanol–water partition coefficient (Wildman–Crippen LogP) is 2.28. The van der Waals surface area contributed by atoms with Crippen LogP contribution in [0.3, 0.4) is 0 Å². The second kappa shape index (κ2) is 7.77. The first-order chi connectivity index (χ1) is 9.80. The van der Waals surface area contributed by atoms with E-state index < -0.39 is 0 Å². The summed E-state index contributed by atoms with van der Waals surface area (Å²) in [7, 11) is 0. The normalized spacial score (nSPS) is 19.1. The molecule has 1 aromatic carbocycles. The lowest BCUT2D eigenvalue weighted by Gasteiger charge is -2.39. The van der Waals surface area contributed by atoms with Crippen LogP contribution in [0.15, 0.2) is 24.3 Å². The van der Waals surface area contributed by atoms with Gasteiger partial charge in [0, 0.05) is 38.8 Å². The van der Waals surface area contributed by atoms with Crippen molar-refractivity contribution in [2.45, 2.75) is 32.7 Å².